The second kappa shape index (κ2) is 10.6. The molecule has 0 spiro atoms. The molecule has 0 N–H and O–H groups in total. The average molecular weight is 475 g/mol. The second-order valence-corrected chi connectivity index (χ2v) is 8.92. The van der Waals surface area contributed by atoms with Crippen molar-refractivity contribution < 1.29 is 26.7 Å². The highest BCUT2D eigenvalue weighted by Gasteiger charge is 2.24. The van der Waals surface area contributed by atoms with Crippen molar-refractivity contribution in [2.24, 2.45) is 5.92 Å². The first-order valence-electron chi connectivity index (χ1n) is 11.6. The van der Waals surface area contributed by atoms with Gasteiger partial charge in [-0.15, -0.1) is 0 Å². The smallest absolute Gasteiger partial charge is 0.387 e. The zero-order valence-corrected chi connectivity index (χ0v) is 19.0. The molecule has 0 aliphatic heterocycles. The standard InChI is InChI=1S/C28H27F5O/c1-2-3-4-5-17-6-8-18(9-7-17)21-15-23(29)26(24(30)16-21)20-10-12-22-19(14-20)11-13-25(27(22)31)34-28(32)33/h2-3,10-18,28H,4-9H2,1H3/b3-2+. The number of hydrogen-bond donors (Lipinski definition) is 0. The van der Waals surface area contributed by atoms with Crippen molar-refractivity contribution in [1.82, 2.24) is 0 Å². The Morgan fingerprint density at radius 2 is 1.65 bits per heavy atom. The quantitative estimate of drug-likeness (QED) is 0.245. The molecule has 0 saturated heterocycles. The Morgan fingerprint density at radius 1 is 0.941 bits per heavy atom. The van der Waals surface area contributed by atoms with Crippen LogP contribution in [-0.2, 0) is 0 Å². The Kier molecular flexibility index (Phi) is 7.54. The van der Waals surface area contributed by atoms with Crippen molar-refractivity contribution >= 4 is 10.8 Å². The SMILES string of the molecule is C/C=C/CCC1CCC(c2cc(F)c(-c3ccc4c(F)c(OC(F)F)ccc4c3)c(F)c2)CC1. The molecule has 1 saturated carbocycles. The van der Waals surface area contributed by atoms with Gasteiger partial charge < -0.3 is 4.74 Å². The van der Waals surface area contributed by atoms with Gasteiger partial charge in [0.15, 0.2) is 11.6 Å². The molecule has 1 fully saturated rings. The summed E-state index contributed by atoms with van der Waals surface area (Å²) in [6, 6.07) is 9.44. The molecule has 0 bridgehead atoms. The third-order valence-electron chi connectivity index (χ3n) is 6.78. The molecule has 0 heterocycles. The Morgan fingerprint density at radius 3 is 2.29 bits per heavy atom. The summed E-state index contributed by atoms with van der Waals surface area (Å²) in [5.74, 6) is -2.05. The molecule has 1 aliphatic rings. The molecular formula is C28H27F5O. The summed E-state index contributed by atoms with van der Waals surface area (Å²) in [6.07, 6.45) is 10.4. The van der Waals surface area contributed by atoms with E-state index in [1.54, 1.807) is 0 Å². The second-order valence-electron chi connectivity index (χ2n) is 8.92. The Hall–Kier alpha value is -2.89. The third-order valence-corrected chi connectivity index (χ3v) is 6.78. The van der Waals surface area contributed by atoms with Gasteiger partial charge in [0.05, 0.1) is 5.56 Å². The summed E-state index contributed by atoms with van der Waals surface area (Å²) in [4.78, 5) is 0. The third kappa shape index (κ3) is 5.26. The van der Waals surface area contributed by atoms with E-state index < -0.39 is 29.8 Å². The molecule has 1 nitrogen and oxygen atoms in total. The maximum atomic E-state index is 15.1. The van der Waals surface area contributed by atoms with Gasteiger partial charge in [-0.05, 0) is 98.1 Å². The number of hydrogen-bond acceptors (Lipinski definition) is 1. The lowest BCUT2D eigenvalue weighted by Gasteiger charge is -2.29. The number of alkyl halides is 2. The highest BCUT2D eigenvalue weighted by molar-refractivity contribution is 5.89. The van der Waals surface area contributed by atoms with E-state index in [-0.39, 0.29) is 22.4 Å². The van der Waals surface area contributed by atoms with Crippen molar-refractivity contribution in [2.75, 3.05) is 0 Å². The summed E-state index contributed by atoms with van der Waals surface area (Å²) >= 11 is 0. The zero-order valence-electron chi connectivity index (χ0n) is 19.0. The number of halogens is 5. The maximum absolute atomic E-state index is 15.1. The van der Waals surface area contributed by atoms with E-state index in [1.807, 2.05) is 6.92 Å². The monoisotopic (exact) mass is 474 g/mol. The molecule has 3 aromatic rings. The summed E-state index contributed by atoms with van der Waals surface area (Å²) in [5, 5.41) is 0.362. The number of rotatable bonds is 7. The van der Waals surface area contributed by atoms with Gasteiger partial charge in [-0.25, -0.2) is 13.2 Å². The summed E-state index contributed by atoms with van der Waals surface area (Å²) in [5.41, 5.74) is 0.744. The molecule has 180 valence electrons. The van der Waals surface area contributed by atoms with E-state index in [2.05, 4.69) is 16.9 Å². The van der Waals surface area contributed by atoms with Crippen LogP contribution in [0.15, 0.2) is 54.6 Å². The minimum atomic E-state index is -3.15. The van der Waals surface area contributed by atoms with Crippen LogP contribution in [0.3, 0.4) is 0 Å². The number of benzene rings is 3. The fraction of sp³-hybridized carbons (Fsp3) is 0.357. The normalized spacial score (nSPS) is 18.8. The highest BCUT2D eigenvalue weighted by Crippen LogP contribution is 2.40. The number of allylic oxidation sites excluding steroid dienone is 2. The summed E-state index contributed by atoms with van der Waals surface area (Å²) in [7, 11) is 0. The van der Waals surface area contributed by atoms with Crippen LogP contribution in [0.1, 0.15) is 56.9 Å². The Balaban J connectivity index is 1.55. The molecule has 4 rings (SSSR count). The first-order valence-corrected chi connectivity index (χ1v) is 11.6. The van der Waals surface area contributed by atoms with E-state index in [9.17, 15) is 13.2 Å². The van der Waals surface area contributed by atoms with Crippen molar-refractivity contribution in [2.45, 2.75) is 58.0 Å². The van der Waals surface area contributed by atoms with Gasteiger partial charge in [0.25, 0.3) is 0 Å². The lowest BCUT2D eigenvalue weighted by molar-refractivity contribution is -0.0520. The minimum absolute atomic E-state index is 0.0329. The van der Waals surface area contributed by atoms with Crippen LogP contribution in [0.5, 0.6) is 5.75 Å². The fourth-order valence-corrected chi connectivity index (χ4v) is 5.00. The highest BCUT2D eigenvalue weighted by atomic mass is 19.3. The Labute approximate surface area is 196 Å². The number of ether oxygens (including phenoxy) is 1. The predicted molar refractivity (Wildman–Crippen MR) is 125 cm³/mol. The van der Waals surface area contributed by atoms with Gasteiger partial charge in [0.2, 0.25) is 0 Å². The molecule has 0 atom stereocenters. The molecular weight excluding hydrogens is 447 g/mol. The predicted octanol–water partition coefficient (Wildman–Crippen LogP) is 9.16. The Bertz CT molecular complexity index is 1160. The van der Waals surface area contributed by atoms with Gasteiger partial charge >= 0.3 is 6.61 Å². The van der Waals surface area contributed by atoms with E-state index in [1.165, 1.54) is 36.4 Å². The largest absolute Gasteiger partial charge is 0.432 e. The van der Waals surface area contributed by atoms with Gasteiger partial charge in [-0.3, -0.25) is 0 Å². The molecule has 0 radical (unpaired) electrons. The molecule has 0 aromatic heterocycles. The van der Waals surface area contributed by atoms with Gasteiger partial charge in [0, 0.05) is 5.39 Å². The average Bonchev–Trinajstić information content (AvgIpc) is 2.81. The van der Waals surface area contributed by atoms with Crippen molar-refractivity contribution in [3.05, 3.63) is 77.6 Å². The van der Waals surface area contributed by atoms with Crippen LogP contribution in [-0.4, -0.2) is 6.61 Å². The zero-order chi connectivity index (χ0) is 24.2. The van der Waals surface area contributed by atoms with Crippen LogP contribution in [0.25, 0.3) is 21.9 Å². The lowest BCUT2D eigenvalue weighted by atomic mass is 9.77. The van der Waals surface area contributed by atoms with Crippen LogP contribution in [0.4, 0.5) is 22.0 Å². The van der Waals surface area contributed by atoms with Crippen molar-refractivity contribution in [1.29, 1.82) is 0 Å². The summed E-state index contributed by atoms with van der Waals surface area (Å²) in [6.45, 7) is -1.14. The van der Waals surface area contributed by atoms with Gasteiger partial charge in [-0.1, -0.05) is 30.4 Å². The lowest BCUT2D eigenvalue weighted by Crippen LogP contribution is -2.14. The van der Waals surface area contributed by atoms with Gasteiger partial charge in [0.1, 0.15) is 11.6 Å². The van der Waals surface area contributed by atoms with Crippen LogP contribution in [0, 0.1) is 23.4 Å². The molecule has 34 heavy (non-hydrogen) atoms. The minimum Gasteiger partial charge on any atom is -0.432 e. The summed E-state index contributed by atoms with van der Waals surface area (Å²) < 4.78 is 73.8. The molecule has 0 unspecified atom stereocenters. The van der Waals surface area contributed by atoms with Crippen molar-refractivity contribution in [3.8, 4) is 16.9 Å². The van der Waals surface area contributed by atoms with Crippen molar-refractivity contribution in [3.63, 3.8) is 0 Å². The van der Waals surface area contributed by atoms with Crippen LogP contribution in [0.2, 0.25) is 0 Å². The van der Waals surface area contributed by atoms with Crippen LogP contribution < -0.4 is 4.74 Å². The first kappa shape index (κ1) is 24.2. The molecule has 6 heteroatoms. The molecule has 0 amide bonds. The number of fused-ring (bicyclic) bond motifs is 1. The van der Waals surface area contributed by atoms with Crippen LogP contribution >= 0.6 is 0 Å². The topological polar surface area (TPSA) is 9.23 Å². The van der Waals surface area contributed by atoms with E-state index in [4.69, 9.17) is 0 Å². The van der Waals surface area contributed by atoms with E-state index >= 15 is 8.78 Å². The molecule has 3 aromatic carbocycles. The van der Waals surface area contributed by atoms with Gasteiger partial charge in [-0.2, -0.15) is 8.78 Å². The molecule has 1 aliphatic carbocycles. The maximum Gasteiger partial charge on any atom is 0.387 e. The van der Waals surface area contributed by atoms with E-state index in [0.29, 0.717) is 16.9 Å². The first-order chi connectivity index (χ1) is 16.4. The fourth-order valence-electron chi connectivity index (χ4n) is 5.00. The van der Waals surface area contributed by atoms with E-state index in [0.717, 1.165) is 44.6 Å².